The van der Waals surface area contributed by atoms with Crippen LogP contribution in [0.2, 0.25) is 0 Å². The molecule has 1 aromatic carbocycles. The molecule has 1 aliphatic rings. The molecule has 7 heteroatoms. The second-order valence-electron chi connectivity index (χ2n) is 6.74. The number of carbonyl (C=O) groups excluding carboxylic acids is 1. The molecule has 2 rings (SSSR count). The Morgan fingerprint density at radius 1 is 1.19 bits per heavy atom. The number of aliphatic hydroxyl groups is 1. The Bertz CT molecular complexity index is 582. The van der Waals surface area contributed by atoms with Crippen LogP contribution >= 0.6 is 24.0 Å². The van der Waals surface area contributed by atoms with Crippen LogP contribution in [0.1, 0.15) is 48.5 Å². The Morgan fingerprint density at radius 3 is 2.35 bits per heavy atom. The highest BCUT2D eigenvalue weighted by molar-refractivity contribution is 14.0. The van der Waals surface area contributed by atoms with Gasteiger partial charge in [-0.2, -0.15) is 0 Å². The number of amides is 1. The number of aliphatic imine (C=N–C) groups is 1. The van der Waals surface area contributed by atoms with E-state index < -0.39 is 0 Å². The Morgan fingerprint density at radius 2 is 1.81 bits per heavy atom. The van der Waals surface area contributed by atoms with Crippen molar-refractivity contribution in [2.75, 3.05) is 20.6 Å². The zero-order chi connectivity index (χ0) is 18.2. The minimum Gasteiger partial charge on any atom is -0.393 e. The van der Waals surface area contributed by atoms with Gasteiger partial charge >= 0.3 is 0 Å². The molecule has 1 aromatic rings. The molecule has 0 heterocycles. The van der Waals surface area contributed by atoms with Gasteiger partial charge in [-0.1, -0.05) is 12.1 Å². The van der Waals surface area contributed by atoms with Gasteiger partial charge < -0.3 is 20.6 Å². The number of benzene rings is 1. The first-order valence-electron chi connectivity index (χ1n) is 9.03. The predicted octanol–water partition coefficient (Wildman–Crippen LogP) is 2.37. The van der Waals surface area contributed by atoms with E-state index in [4.69, 9.17) is 0 Å². The van der Waals surface area contributed by atoms with Gasteiger partial charge in [0.1, 0.15) is 0 Å². The standard InChI is InChI=1S/C19H30N4O2.HI/c1-4-20-19(22-16-9-11-17(24)12-10-16)21-13-14-5-7-15(8-6-14)18(25)23(2)3;/h5-8,16-17,24H,4,9-13H2,1-3H3,(H2,20,21,22);1H. The van der Waals surface area contributed by atoms with Crippen LogP contribution in [0.3, 0.4) is 0 Å². The molecule has 0 saturated heterocycles. The Hall–Kier alpha value is -1.35. The van der Waals surface area contributed by atoms with E-state index in [1.165, 1.54) is 0 Å². The molecule has 6 nitrogen and oxygen atoms in total. The SMILES string of the molecule is CCNC(=NCc1ccc(C(=O)N(C)C)cc1)NC1CCC(O)CC1.I. The van der Waals surface area contributed by atoms with Crippen molar-refractivity contribution in [2.24, 2.45) is 4.99 Å². The van der Waals surface area contributed by atoms with Crippen molar-refractivity contribution in [3.63, 3.8) is 0 Å². The van der Waals surface area contributed by atoms with Crippen molar-refractivity contribution in [3.8, 4) is 0 Å². The average Bonchev–Trinajstić information content (AvgIpc) is 2.61. The molecule has 0 aromatic heterocycles. The van der Waals surface area contributed by atoms with E-state index in [1.54, 1.807) is 19.0 Å². The van der Waals surface area contributed by atoms with Crippen molar-refractivity contribution < 1.29 is 9.90 Å². The molecule has 26 heavy (non-hydrogen) atoms. The van der Waals surface area contributed by atoms with Gasteiger partial charge in [-0.25, -0.2) is 4.99 Å². The van der Waals surface area contributed by atoms with Crippen LogP contribution in [-0.4, -0.2) is 54.7 Å². The highest BCUT2D eigenvalue weighted by atomic mass is 127. The summed E-state index contributed by atoms with van der Waals surface area (Å²) in [7, 11) is 3.50. The number of guanidine groups is 1. The van der Waals surface area contributed by atoms with E-state index in [2.05, 4.69) is 15.6 Å². The quantitative estimate of drug-likeness (QED) is 0.348. The number of aliphatic hydroxyl groups excluding tert-OH is 1. The molecule has 146 valence electrons. The van der Waals surface area contributed by atoms with Gasteiger partial charge in [-0.15, -0.1) is 24.0 Å². The van der Waals surface area contributed by atoms with Crippen LogP contribution in [0, 0.1) is 0 Å². The minimum absolute atomic E-state index is 0. The molecule has 0 atom stereocenters. The molecular weight excluding hydrogens is 443 g/mol. The summed E-state index contributed by atoms with van der Waals surface area (Å²) in [4.78, 5) is 18.1. The lowest BCUT2D eigenvalue weighted by molar-refractivity contribution is 0.0827. The van der Waals surface area contributed by atoms with E-state index in [1.807, 2.05) is 31.2 Å². The summed E-state index contributed by atoms with van der Waals surface area (Å²) in [6, 6.07) is 7.94. The van der Waals surface area contributed by atoms with Gasteiger partial charge in [0.2, 0.25) is 0 Å². The normalized spacial score (nSPS) is 20.1. The van der Waals surface area contributed by atoms with Gasteiger partial charge in [0.25, 0.3) is 5.91 Å². The number of nitrogens with zero attached hydrogens (tertiary/aromatic N) is 2. The number of hydrogen-bond donors (Lipinski definition) is 3. The van der Waals surface area contributed by atoms with E-state index in [0.717, 1.165) is 43.8 Å². The predicted molar refractivity (Wildman–Crippen MR) is 116 cm³/mol. The first-order valence-corrected chi connectivity index (χ1v) is 9.03. The van der Waals surface area contributed by atoms with Crippen LogP contribution < -0.4 is 10.6 Å². The summed E-state index contributed by atoms with van der Waals surface area (Å²) in [6.07, 6.45) is 3.47. The summed E-state index contributed by atoms with van der Waals surface area (Å²) in [6.45, 7) is 3.40. The fraction of sp³-hybridized carbons (Fsp3) is 0.579. The molecule has 1 fully saturated rings. The van der Waals surface area contributed by atoms with Crippen molar-refractivity contribution in [1.82, 2.24) is 15.5 Å². The van der Waals surface area contributed by atoms with Crippen molar-refractivity contribution in [2.45, 2.75) is 51.3 Å². The van der Waals surface area contributed by atoms with Gasteiger partial charge in [0.15, 0.2) is 5.96 Å². The van der Waals surface area contributed by atoms with Gasteiger partial charge in [-0.3, -0.25) is 4.79 Å². The van der Waals surface area contributed by atoms with E-state index in [9.17, 15) is 9.90 Å². The molecule has 0 unspecified atom stereocenters. The fourth-order valence-corrected chi connectivity index (χ4v) is 2.91. The summed E-state index contributed by atoms with van der Waals surface area (Å²) >= 11 is 0. The van der Waals surface area contributed by atoms with Crippen LogP contribution in [0.25, 0.3) is 0 Å². The fourth-order valence-electron chi connectivity index (χ4n) is 2.91. The molecular formula is C19H31IN4O2. The van der Waals surface area contributed by atoms with E-state index in [-0.39, 0.29) is 36.0 Å². The van der Waals surface area contributed by atoms with E-state index in [0.29, 0.717) is 18.2 Å². The summed E-state index contributed by atoms with van der Waals surface area (Å²) < 4.78 is 0. The lowest BCUT2D eigenvalue weighted by atomic mass is 9.93. The molecule has 0 aliphatic heterocycles. The Kier molecular flexibility index (Phi) is 9.93. The number of nitrogens with one attached hydrogen (secondary N) is 2. The maximum Gasteiger partial charge on any atom is 0.253 e. The third-order valence-corrected chi connectivity index (χ3v) is 4.41. The first kappa shape index (κ1) is 22.7. The third-order valence-electron chi connectivity index (χ3n) is 4.41. The second kappa shape index (κ2) is 11.4. The molecule has 1 aliphatic carbocycles. The number of carbonyl (C=O) groups is 1. The van der Waals surface area contributed by atoms with Gasteiger partial charge in [0.05, 0.1) is 12.6 Å². The maximum atomic E-state index is 11.9. The zero-order valence-corrected chi connectivity index (χ0v) is 18.2. The highest BCUT2D eigenvalue weighted by Crippen LogP contribution is 2.18. The number of rotatable bonds is 5. The molecule has 3 N–H and O–H groups in total. The smallest absolute Gasteiger partial charge is 0.253 e. The van der Waals surface area contributed by atoms with Crippen molar-refractivity contribution in [1.29, 1.82) is 0 Å². The second-order valence-corrected chi connectivity index (χ2v) is 6.74. The summed E-state index contributed by atoms with van der Waals surface area (Å²) in [5.74, 6) is 0.807. The largest absolute Gasteiger partial charge is 0.393 e. The van der Waals surface area contributed by atoms with Crippen molar-refractivity contribution >= 4 is 35.8 Å². The maximum absolute atomic E-state index is 11.9. The number of halogens is 1. The Labute approximate surface area is 173 Å². The topological polar surface area (TPSA) is 77.0 Å². The zero-order valence-electron chi connectivity index (χ0n) is 15.9. The molecule has 0 bridgehead atoms. The van der Waals surface area contributed by atoms with Crippen molar-refractivity contribution in [3.05, 3.63) is 35.4 Å². The minimum atomic E-state index is -0.152. The van der Waals surface area contributed by atoms with Crippen LogP contribution in [0.5, 0.6) is 0 Å². The molecule has 0 spiro atoms. The lowest BCUT2D eigenvalue weighted by Gasteiger charge is -2.27. The molecule has 0 radical (unpaired) electrons. The van der Waals surface area contributed by atoms with E-state index >= 15 is 0 Å². The third kappa shape index (κ3) is 7.11. The Balaban J connectivity index is 0.00000338. The van der Waals surface area contributed by atoms with Crippen LogP contribution in [0.4, 0.5) is 0 Å². The van der Waals surface area contributed by atoms with Crippen LogP contribution in [-0.2, 0) is 6.54 Å². The highest BCUT2D eigenvalue weighted by Gasteiger charge is 2.19. The average molecular weight is 474 g/mol. The number of hydrogen-bond acceptors (Lipinski definition) is 3. The monoisotopic (exact) mass is 474 g/mol. The van der Waals surface area contributed by atoms with Gasteiger partial charge in [0, 0.05) is 32.2 Å². The summed E-state index contributed by atoms with van der Waals surface area (Å²) in [5.41, 5.74) is 1.75. The molecule has 1 amide bonds. The molecule has 1 saturated carbocycles. The lowest BCUT2D eigenvalue weighted by Crippen LogP contribution is -2.45. The summed E-state index contributed by atoms with van der Waals surface area (Å²) in [5, 5.41) is 16.3. The van der Waals surface area contributed by atoms with Crippen LogP contribution in [0.15, 0.2) is 29.3 Å². The first-order chi connectivity index (χ1) is 12.0. The van der Waals surface area contributed by atoms with Gasteiger partial charge in [-0.05, 0) is 50.3 Å².